The van der Waals surface area contributed by atoms with Gasteiger partial charge in [-0.05, 0) is 36.4 Å². The van der Waals surface area contributed by atoms with E-state index in [4.69, 9.17) is 5.73 Å². The Balaban J connectivity index is 1.99. The molecule has 0 atom stereocenters. The second-order valence-electron chi connectivity index (χ2n) is 4.15. The van der Waals surface area contributed by atoms with Gasteiger partial charge in [-0.25, -0.2) is 13.2 Å². The number of anilines is 2. The minimum absolute atomic E-state index is 0.0122. The van der Waals surface area contributed by atoms with Gasteiger partial charge in [-0.3, -0.25) is 4.79 Å². The average molecular weight is 312 g/mol. The lowest BCUT2D eigenvalue weighted by Crippen LogP contribution is -2.15. The number of benzene rings is 2. The van der Waals surface area contributed by atoms with Crippen molar-refractivity contribution in [1.82, 2.24) is 0 Å². The summed E-state index contributed by atoms with van der Waals surface area (Å²) in [6.45, 7) is 0. The number of rotatable bonds is 4. The van der Waals surface area contributed by atoms with E-state index in [1.165, 1.54) is 12.1 Å². The summed E-state index contributed by atoms with van der Waals surface area (Å²) in [4.78, 5) is 11.7. The van der Waals surface area contributed by atoms with Crippen molar-refractivity contribution in [1.29, 1.82) is 0 Å². The molecule has 0 unspecified atom stereocenters. The number of carbonyl (C=O) groups is 1. The van der Waals surface area contributed by atoms with Crippen LogP contribution in [-0.2, 0) is 4.79 Å². The number of nitrogens with one attached hydrogen (secondary N) is 1. The van der Waals surface area contributed by atoms with Gasteiger partial charge in [0, 0.05) is 10.6 Å². The van der Waals surface area contributed by atoms with Gasteiger partial charge in [-0.2, -0.15) is 0 Å². The predicted molar refractivity (Wildman–Crippen MR) is 76.5 cm³/mol. The maximum atomic E-state index is 13.4. The van der Waals surface area contributed by atoms with E-state index in [2.05, 4.69) is 5.32 Å². The van der Waals surface area contributed by atoms with Crippen LogP contribution >= 0.6 is 11.8 Å². The maximum absolute atomic E-state index is 13.4. The third-order valence-corrected chi connectivity index (χ3v) is 3.55. The highest BCUT2D eigenvalue weighted by Crippen LogP contribution is 2.23. The Labute approximate surface area is 123 Å². The quantitative estimate of drug-likeness (QED) is 0.672. The first kappa shape index (κ1) is 15.2. The van der Waals surface area contributed by atoms with E-state index in [0.29, 0.717) is 5.69 Å². The highest BCUT2D eigenvalue weighted by atomic mass is 32.2. The lowest BCUT2D eigenvalue weighted by molar-refractivity contribution is -0.113. The second-order valence-corrected chi connectivity index (χ2v) is 5.17. The highest BCUT2D eigenvalue weighted by molar-refractivity contribution is 8.00. The lowest BCUT2D eigenvalue weighted by atomic mass is 10.2. The van der Waals surface area contributed by atoms with E-state index in [-0.39, 0.29) is 16.3 Å². The van der Waals surface area contributed by atoms with Gasteiger partial charge in [0.15, 0.2) is 0 Å². The topological polar surface area (TPSA) is 55.1 Å². The Morgan fingerprint density at radius 3 is 2.57 bits per heavy atom. The van der Waals surface area contributed by atoms with Gasteiger partial charge in [-0.1, -0.05) is 0 Å². The zero-order chi connectivity index (χ0) is 15.4. The SMILES string of the molecule is Nc1ccc(F)c(NC(=O)CSc2cc(F)ccc2F)c1. The molecule has 2 aromatic rings. The summed E-state index contributed by atoms with van der Waals surface area (Å²) in [5.74, 6) is -2.58. The summed E-state index contributed by atoms with van der Waals surface area (Å²) in [5.41, 5.74) is 5.74. The van der Waals surface area contributed by atoms with Crippen molar-refractivity contribution in [2.75, 3.05) is 16.8 Å². The molecule has 3 nitrogen and oxygen atoms in total. The van der Waals surface area contributed by atoms with Gasteiger partial charge >= 0.3 is 0 Å². The third kappa shape index (κ3) is 4.16. The Morgan fingerprint density at radius 2 is 1.81 bits per heavy atom. The summed E-state index contributed by atoms with van der Waals surface area (Å²) < 4.78 is 39.8. The molecule has 2 rings (SSSR count). The zero-order valence-electron chi connectivity index (χ0n) is 10.7. The lowest BCUT2D eigenvalue weighted by Gasteiger charge is -2.07. The van der Waals surface area contributed by atoms with Gasteiger partial charge in [-0.15, -0.1) is 11.8 Å². The molecule has 2 aromatic carbocycles. The largest absolute Gasteiger partial charge is 0.399 e. The molecule has 0 saturated carbocycles. The van der Waals surface area contributed by atoms with Crippen molar-refractivity contribution in [3.05, 3.63) is 53.8 Å². The van der Waals surface area contributed by atoms with E-state index < -0.39 is 23.4 Å². The molecule has 3 N–H and O–H groups in total. The minimum Gasteiger partial charge on any atom is -0.399 e. The third-order valence-electron chi connectivity index (χ3n) is 2.52. The fourth-order valence-corrected chi connectivity index (χ4v) is 2.32. The molecule has 1 amide bonds. The van der Waals surface area contributed by atoms with Gasteiger partial charge in [0.1, 0.15) is 17.5 Å². The van der Waals surface area contributed by atoms with Crippen LogP contribution in [-0.4, -0.2) is 11.7 Å². The first-order chi connectivity index (χ1) is 9.95. The Morgan fingerprint density at radius 1 is 1.10 bits per heavy atom. The molecule has 0 aliphatic carbocycles. The number of thioether (sulfide) groups is 1. The maximum Gasteiger partial charge on any atom is 0.234 e. The van der Waals surface area contributed by atoms with Crippen LogP contribution in [0.15, 0.2) is 41.3 Å². The number of hydrogen-bond donors (Lipinski definition) is 2. The summed E-state index contributed by atoms with van der Waals surface area (Å²) >= 11 is 0.818. The molecule has 0 spiro atoms. The second kappa shape index (κ2) is 6.53. The number of nitrogen functional groups attached to an aromatic ring is 1. The molecule has 0 aliphatic heterocycles. The Bertz CT molecular complexity index is 679. The molecule has 0 heterocycles. The van der Waals surface area contributed by atoms with Crippen LogP contribution in [0.4, 0.5) is 24.5 Å². The van der Waals surface area contributed by atoms with Crippen LogP contribution < -0.4 is 11.1 Å². The molecule has 0 bridgehead atoms. The number of hydrogen-bond acceptors (Lipinski definition) is 3. The van der Waals surface area contributed by atoms with Gasteiger partial charge in [0.25, 0.3) is 0 Å². The standard InChI is InChI=1S/C14H11F3N2OS/c15-8-1-3-11(17)13(5-8)21-7-14(20)19-12-6-9(18)2-4-10(12)16/h1-6H,7,18H2,(H,19,20). The summed E-state index contributed by atoms with van der Waals surface area (Å²) in [6, 6.07) is 6.73. The summed E-state index contributed by atoms with van der Waals surface area (Å²) in [5, 5.41) is 2.32. The fourth-order valence-electron chi connectivity index (χ4n) is 1.56. The molecule has 110 valence electrons. The van der Waals surface area contributed by atoms with E-state index in [1.54, 1.807) is 0 Å². The molecular weight excluding hydrogens is 301 g/mol. The molecule has 0 fully saturated rings. The van der Waals surface area contributed by atoms with E-state index in [9.17, 15) is 18.0 Å². The minimum atomic E-state index is -0.625. The average Bonchev–Trinajstić information content (AvgIpc) is 2.44. The fraction of sp³-hybridized carbons (Fsp3) is 0.0714. The van der Waals surface area contributed by atoms with Crippen molar-refractivity contribution >= 4 is 29.0 Å². The van der Waals surface area contributed by atoms with Crippen molar-refractivity contribution < 1.29 is 18.0 Å². The summed E-state index contributed by atoms with van der Waals surface area (Å²) in [6.07, 6.45) is 0. The van der Waals surface area contributed by atoms with Crippen molar-refractivity contribution in [2.45, 2.75) is 4.90 Å². The number of carbonyl (C=O) groups excluding carboxylic acids is 1. The molecule has 0 aromatic heterocycles. The predicted octanol–water partition coefficient (Wildman–Crippen LogP) is 3.42. The van der Waals surface area contributed by atoms with E-state index in [0.717, 1.165) is 36.0 Å². The first-order valence-corrected chi connectivity index (χ1v) is 6.87. The van der Waals surface area contributed by atoms with Crippen LogP contribution in [0, 0.1) is 17.5 Å². The molecule has 0 aliphatic rings. The van der Waals surface area contributed by atoms with Crippen molar-refractivity contribution in [2.24, 2.45) is 0 Å². The Hall–Kier alpha value is -2.15. The van der Waals surface area contributed by atoms with Crippen molar-refractivity contribution in [3.8, 4) is 0 Å². The molecule has 0 saturated heterocycles. The van der Waals surface area contributed by atoms with Crippen molar-refractivity contribution in [3.63, 3.8) is 0 Å². The van der Waals surface area contributed by atoms with Gasteiger partial charge in [0.05, 0.1) is 11.4 Å². The highest BCUT2D eigenvalue weighted by Gasteiger charge is 2.10. The molecule has 0 radical (unpaired) electrons. The molecular formula is C14H11F3N2OS. The number of nitrogens with two attached hydrogens (primary N) is 1. The van der Waals surface area contributed by atoms with Crippen LogP contribution in [0.2, 0.25) is 0 Å². The van der Waals surface area contributed by atoms with Crippen LogP contribution in [0.1, 0.15) is 0 Å². The number of halogens is 3. The van der Waals surface area contributed by atoms with Gasteiger partial charge in [0.2, 0.25) is 5.91 Å². The van der Waals surface area contributed by atoms with Crippen LogP contribution in [0.25, 0.3) is 0 Å². The van der Waals surface area contributed by atoms with Crippen LogP contribution in [0.5, 0.6) is 0 Å². The number of amides is 1. The normalized spacial score (nSPS) is 10.4. The summed E-state index contributed by atoms with van der Waals surface area (Å²) in [7, 11) is 0. The smallest absolute Gasteiger partial charge is 0.234 e. The first-order valence-electron chi connectivity index (χ1n) is 5.88. The zero-order valence-corrected chi connectivity index (χ0v) is 11.5. The van der Waals surface area contributed by atoms with E-state index in [1.807, 2.05) is 0 Å². The van der Waals surface area contributed by atoms with Crippen LogP contribution in [0.3, 0.4) is 0 Å². The molecule has 7 heteroatoms. The molecule has 21 heavy (non-hydrogen) atoms. The Kier molecular flexibility index (Phi) is 4.74. The van der Waals surface area contributed by atoms with Gasteiger partial charge < -0.3 is 11.1 Å². The van der Waals surface area contributed by atoms with E-state index >= 15 is 0 Å². The monoisotopic (exact) mass is 312 g/mol.